The van der Waals surface area contributed by atoms with Crippen LogP contribution in [0.3, 0.4) is 0 Å². The number of hydrogen-bond donors (Lipinski definition) is 1. The van der Waals surface area contributed by atoms with Gasteiger partial charge in [-0.3, -0.25) is 4.72 Å². The van der Waals surface area contributed by atoms with Crippen molar-refractivity contribution < 1.29 is 21.6 Å². The van der Waals surface area contributed by atoms with Crippen LogP contribution in [-0.2, 0) is 22.7 Å². The van der Waals surface area contributed by atoms with Gasteiger partial charge in [0.15, 0.2) is 0 Å². The molecular weight excluding hydrogens is 391 g/mol. The van der Waals surface area contributed by atoms with Crippen molar-refractivity contribution in [2.45, 2.75) is 19.6 Å². The molecule has 9 heteroatoms. The van der Waals surface area contributed by atoms with Gasteiger partial charge in [0.05, 0.1) is 28.6 Å². The molecule has 146 valence electrons. The number of fused-ring (bicyclic) bond motifs is 1. The highest BCUT2D eigenvalue weighted by Crippen LogP contribution is 2.37. The SMILES string of the molecule is CCn1c(-c2ccc(NS(C)(=O)=O)cc2)c(C#N)c2ccc(C(F)(F)F)cc21. The van der Waals surface area contributed by atoms with Gasteiger partial charge in [-0.2, -0.15) is 18.4 Å². The Hall–Kier alpha value is -2.99. The van der Waals surface area contributed by atoms with Crippen molar-refractivity contribution in [2.75, 3.05) is 11.0 Å². The number of nitrogens with zero attached hydrogens (tertiary/aromatic N) is 2. The molecule has 0 radical (unpaired) electrons. The largest absolute Gasteiger partial charge is 0.416 e. The second-order valence-corrected chi connectivity index (χ2v) is 8.01. The Kier molecular flexibility index (Phi) is 4.85. The summed E-state index contributed by atoms with van der Waals surface area (Å²) in [6.07, 6.45) is -3.45. The number of nitriles is 1. The molecule has 0 atom stereocenters. The summed E-state index contributed by atoms with van der Waals surface area (Å²) < 4.78 is 66.0. The lowest BCUT2D eigenvalue weighted by atomic mass is 10.0. The fourth-order valence-corrected chi connectivity index (χ4v) is 3.74. The van der Waals surface area contributed by atoms with Crippen LogP contribution in [0.1, 0.15) is 18.1 Å². The van der Waals surface area contributed by atoms with E-state index < -0.39 is 21.8 Å². The van der Waals surface area contributed by atoms with E-state index in [-0.39, 0.29) is 5.56 Å². The topological polar surface area (TPSA) is 74.9 Å². The fourth-order valence-electron chi connectivity index (χ4n) is 3.18. The Morgan fingerprint density at radius 2 is 1.79 bits per heavy atom. The molecule has 2 aromatic carbocycles. The molecule has 0 aliphatic rings. The highest BCUT2D eigenvalue weighted by molar-refractivity contribution is 7.92. The van der Waals surface area contributed by atoms with E-state index in [9.17, 15) is 26.9 Å². The summed E-state index contributed by atoms with van der Waals surface area (Å²) in [6, 6.07) is 11.7. The molecule has 28 heavy (non-hydrogen) atoms. The third-order valence-electron chi connectivity index (χ3n) is 4.28. The summed E-state index contributed by atoms with van der Waals surface area (Å²) in [5.74, 6) is 0. The average molecular weight is 407 g/mol. The van der Waals surface area contributed by atoms with Crippen LogP contribution >= 0.6 is 0 Å². The minimum Gasteiger partial charge on any atom is -0.340 e. The molecule has 0 amide bonds. The number of anilines is 1. The molecule has 0 spiro atoms. The zero-order valence-corrected chi connectivity index (χ0v) is 15.8. The minimum absolute atomic E-state index is 0.273. The van der Waals surface area contributed by atoms with Crippen LogP contribution in [0.4, 0.5) is 18.9 Å². The molecule has 0 aliphatic heterocycles. The predicted molar refractivity (Wildman–Crippen MR) is 101 cm³/mol. The second-order valence-electron chi connectivity index (χ2n) is 6.26. The van der Waals surface area contributed by atoms with E-state index in [1.807, 2.05) is 0 Å². The summed E-state index contributed by atoms with van der Waals surface area (Å²) >= 11 is 0. The van der Waals surface area contributed by atoms with Crippen LogP contribution in [0.2, 0.25) is 0 Å². The summed E-state index contributed by atoms with van der Waals surface area (Å²) in [7, 11) is -3.43. The zero-order valence-electron chi connectivity index (χ0n) is 15.0. The highest BCUT2D eigenvalue weighted by Gasteiger charge is 2.31. The van der Waals surface area contributed by atoms with Crippen LogP contribution in [0, 0.1) is 11.3 Å². The molecule has 1 aromatic heterocycles. The fraction of sp³-hybridized carbons (Fsp3) is 0.211. The van der Waals surface area contributed by atoms with Gasteiger partial charge < -0.3 is 4.57 Å². The first-order valence-electron chi connectivity index (χ1n) is 8.27. The molecule has 3 rings (SSSR count). The van der Waals surface area contributed by atoms with E-state index in [1.54, 1.807) is 23.6 Å². The van der Waals surface area contributed by atoms with E-state index in [2.05, 4.69) is 10.8 Å². The van der Waals surface area contributed by atoms with Gasteiger partial charge in [0.2, 0.25) is 10.0 Å². The van der Waals surface area contributed by atoms with Crippen LogP contribution in [-0.4, -0.2) is 19.2 Å². The van der Waals surface area contributed by atoms with E-state index >= 15 is 0 Å². The predicted octanol–water partition coefficient (Wildman–Crippen LogP) is 4.59. The van der Waals surface area contributed by atoms with Gasteiger partial charge in [0.1, 0.15) is 6.07 Å². The monoisotopic (exact) mass is 407 g/mol. The zero-order chi connectivity index (χ0) is 20.7. The maximum Gasteiger partial charge on any atom is 0.416 e. The number of aryl methyl sites for hydroxylation is 1. The van der Waals surface area contributed by atoms with Gasteiger partial charge in [-0.05, 0) is 36.8 Å². The Balaban J connectivity index is 2.21. The Morgan fingerprint density at radius 1 is 1.14 bits per heavy atom. The smallest absolute Gasteiger partial charge is 0.340 e. The van der Waals surface area contributed by atoms with Crippen molar-refractivity contribution in [3.63, 3.8) is 0 Å². The summed E-state index contributed by atoms with van der Waals surface area (Å²) in [6.45, 7) is 2.14. The summed E-state index contributed by atoms with van der Waals surface area (Å²) in [5, 5.41) is 10.1. The lowest BCUT2D eigenvalue weighted by molar-refractivity contribution is -0.137. The number of nitrogens with one attached hydrogen (secondary N) is 1. The third kappa shape index (κ3) is 3.68. The van der Waals surface area contributed by atoms with Gasteiger partial charge in [-0.15, -0.1) is 0 Å². The van der Waals surface area contributed by atoms with Crippen LogP contribution < -0.4 is 4.72 Å². The molecule has 0 saturated heterocycles. The first-order valence-corrected chi connectivity index (χ1v) is 10.2. The Bertz CT molecular complexity index is 1190. The maximum atomic E-state index is 13.1. The van der Waals surface area contributed by atoms with Crippen molar-refractivity contribution in [2.24, 2.45) is 0 Å². The first kappa shape index (κ1) is 19.8. The third-order valence-corrected chi connectivity index (χ3v) is 4.89. The lowest BCUT2D eigenvalue weighted by Crippen LogP contribution is -2.09. The average Bonchev–Trinajstić information content (AvgIpc) is 2.93. The summed E-state index contributed by atoms with van der Waals surface area (Å²) in [4.78, 5) is 0. The van der Waals surface area contributed by atoms with Crippen molar-refractivity contribution in [1.29, 1.82) is 5.26 Å². The first-order chi connectivity index (χ1) is 13.0. The number of benzene rings is 2. The molecular formula is C19H16F3N3O2S. The van der Waals surface area contributed by atoms with Crippen LogP contribution in [0.15, 0.2) is 42.5 Å². The van der Waals surface area contributed by atoms with Crippen molar-refractivity contribution >= 4 is 26.6 Å². The minimum atomic E-state index is -4.48. The van der Waals surface area contributed by atoms with E-state index in [1.165, 1.54) is 18.2 Å². The molecule has 3 aromatic rings. The number of halogens is 3. The quantitative estimate of drug-likeness (QED) is 0.687. The molecule has 0 bridgehead atoms. The van der Waals surface area contributed by atoms with Gasteiger partial charge in [-0.1, -0.05) is 18.2 Å². The Labute approximate surface area is 160 Å². The number of alkyl halides is 3. The van der Waals surface area contributed by atoms with Crippen LogP contribution in [0.5, 0.6) is 0 Å². The molecule has 1 N–H and O–H groups in total. The number of aromatic nitrogens is 1. The van der Waals surface area contributed by atoms with E-state index in [4.69, 9.17) is 0 Å². The van der Waals surface area contributed by atoms with Gasteiger partial charge in [0, 0.05) is 17.6 Å². The molecule has 1 heterocycles. The van der Waals surface area contributed by atoms with Crippen molar-refractivity contribution in [1.82, 2.24) is 4.57 Å². The maximum absolute atomic E-state index is 13.1. The normalized spacial score (nSPS) is 12.1. The molecule has 0 aliphatic carbocycles. The molecule has 0 unspecified atom stereocenters. The number of hydrogen-bond acceptors (Lipinski definition) is 3. The van der Waals surface area contributed by atoms with Crippen LogP contribution in [0.25, 0.3) is 22.2 Å². The Morgan fingerprint density at radius 3 is 2.29 bits per heavy atom. The standard InChI is InChI=1S/C19H16F3N3O2S/c1-3-25-17-10-13(19(20,21)22)6-9-15(17)16(11-23)18(25)12-4-7-14(8-5-12)24-28(2,26)27/h4-10,24H,3H2,1-2H3. The molecule has 0 saturated carbocycles. The summed E-state index contributed by atoms with van der Waals surface area (Å²) in [5.41, 5.74) is 1.25. The van der Waals surface area contributed by atoms with E-state index in [0.717, 1.165) is 18.4 Å². The van der Waals surface area contributed by atoms with Gasteiger partial charge in [-0.25, -0.2) is 8.42 Å². The lowest BCUT2D eigenvalue weighted by Gasteiger charge is -2.11. The van der Waals surface area contributed by atoms with Gasteiger partial charge in [0.25, 0.3) is 0 Å². The number of sulfonamides is 1. The van der Waals surface area contributed by atoms with Crippen molar-refractivity contribution in [3.05, 3.63) is 53.6 Å². The highest BCUT2D eigenvalue weighted by atomic mass is 32.2. The van der Waals surface area contributed by atoms with Crippen molar-refractivity contribution in [3.8, 4) is 17.3 Å². The second kappa shape index (κ2) is 6.87. The van der Waals surface area contributed by atoms with E-state index in [0.29, 0.717) is 34.4 Å². The molecule has 5 nitrogen and oxygen atoms in total. The van der Waals surface area contributed by atoms with Gasteiger partial charge >= 0.3 is 6.18 Å². The molecule has 0 fully saturated rings. The number of rotatable bonds is 4.